The molecule has 3 aromatic heterocycles. The second-order valence-electron chi connectivity index (χ2n) is 19.8. The van der Waals surface area contributed by atoms with Gasteiger partial charge < -0.3 is 74.1 Å². The lowest BCUT2D eigenvalue weighted by molar-refractivity contribution is -0.125. The van der Waals surface area contributed by atoms with Crippen LogP contribution in [-0.4, -0.2) is 126 Å². The van der Waals surface area contributed by atoms with Gasteiger partial charge in [-0.2, -0.15) is 0 Å². The second-order valence-corrected chi connectivity index (χ2v) is 19.8. The van der Waals surface area contributed by atoms with E-state index in [0.29, 0.717) is 130 Å². The van der Waals surface area contributed by atoms with Gasteiger partial charge in [0.2, 0.25) is 0 Å². The van der Waals surface area contributed by atoms with Crippen molar-refractivity contribution in [3.05, 3.63) is 183 Å². The fourth-order valence-corrected chi connectivity index (χ4v) is 10.2. The summed E-state index contributed by atoms with van der Waals surface area (Å²) in [5.41, 5.74) is 8.32. The van der Waals surface area contributed by atoms with Gasteiger partial charge in [-0.15, -0.1) is 0 Å². The molecule has 2 aliphatic heterocycles. The first-order valence-electron chi connectivity index (χ1n) is 27.0. The lowest BCUT2D eigenvalue weighted by Gasteiger charge is -2.25. The average molecular weight is 1140 g/mol. The zero-order valence-electron chi connectivity index (χ0n) is 48.8. The second kappa shape index (κ2) is 25.8. The number of nitrogens with one attached hydrogen (secondary N) is 7. The highest BCUT2D eigenvalue weighted by Crippen LogP contribution is 2.46. The molecule has 5 atom stereocenters. The number of methoxy groups -OCH3 is 8. The van der Waals surface area contributed by atoms with Crippen LogP contribution in [0.4, 0.5) is 22.7 Å². The van der Waals surface area contributed by atoms with Crippen LogP contribution in [0.15, 0.2) is 132 Å². The molecule has 4 amide bonds. The fraction of sp³-hybridized carbons (Fsp3) is 0.266. The van der Waals surface area contributed by atoms with Crippen molar-refractivity contribution in [2.75, 3.05) is 78.1 Å². The highest BCUT2D eigenvalue weighted by molar-refractivity contribution is 6.33. The zero-order valence-corrected chi connectivity index (χ0v) is 48.8. The molecule has 20 nitrogen and oxygen atoms in total. The molecule has 436 valence electrons. The highest BCUT2D eigenvalue weighted by Gasteiger charge is 2.33. The minimum atomic E-state index is -0.861. The van der Waals surface area contributed by atoms with Crippen LogP contribution in [0, 0.1) is 0 Å². The number of hydrogen-bond acceptors (Lipinski definition) is 13. The van der Waals surface area contributed by atoms with Crippen LogP contribution in [0.5, 0.6) is 23.0 Å². The van der Waals surface area contributed by atoms with Crippen molar-refractivity contribution in [3.63, 3.8) is 0 Å². The number of carbonyl (C=O) groups excluding carboxylic acids is 4. The van der Waals surface area contributed by atoms with Crippen LogP contribution >= 0.6 is 0 Å². The fourth-order valence-electron chi connectivity index (χ4n) is 10.2. The van der Waals surface area contributed by atoms with Gasteiger partial charge in [0.15, 0.2) is 0 Å². The Morgan fingerprint density at radius 3 is 1.20 bits per heavy atom. The van der Waals surface area contributed by atoms with E-state index in [1.807, 2.05) is 84.9 Å². The Kier molecular flexibility index (Phi) is 18.1. The topological polar surface area (TPSA) is 250 Å². The van der Waals surface area contributed by atoms with Gasteiger partial charge in [-0.05, 0) is 125 Å². The predicted molar refractivity (Wildman–Crippen MR) is 322 cm³/mol. The summed E-state index contributed by atoms with van der Waals surface area (Å²) in [5.74, 6) is -0.679. The number of carbonyl (C=O) groups is 4. The Bertz CT molecular complexity index is 3760. The minimum Gasteiger partial charge on any atom is -0.496 e. The van der Waals surface area contributed by atoms with Crippen LogP contribution in [0.3, 0.4) is 0 Å². The van der Waals surface area contributed by atoms with Crippen molar-refractivity contribution in [3.8, 4) is 23.0 Å². The van der Waals surface area contributed by atoms with E-state index in [9.17, 15) is 19.2 Å². The molecule has 8 bridgehead atoms. The molecular formula is C64H68N8O12. The number of H-pyrrole nitrogens is 3. The van der Waals surface area contributed by atoms with Crippen molar-refractivity contribution in [2.45, 2.75) is 58.0 Å². The van der Waals surface area contributed by atoms with E-state index in [1.165, 1.54) is 28.4 Å². The summed E-state index contributed by atoms with van der Waals surface area (Å²) in [6, 6.07) is 33.0. The Balaban J connectivity index is 1.48. The van der Waals surface area contributed by atoms with E-state index < -0.39 is 54.0 Å². The monoisotopic (exact) mass is 1140 g/mol. The number of rotatable bonds is 20. The molecule has 7 N–H and O–H groups in total. The third-order valence-corrected chi connectivity index (χ3v) is 14.9. The van der Waals surface area contributed by atoms with E-state index in [-0.39, 0.29) is 0 Å². The molecule has 2 aliphatic rings. The van der Waals surface area contributed by atoms with Crippen molar-refractivity contribution >= 4 is 68.8 Å². The van der Waals surface area contributed by atoms with E-state index in [2.05, 4.69) is 36.2 Å². The molecule has 0 radical (unpaired) electrons. The number of aliphatic imine (C=N–C) groups is 1. The third kappa shape index (κ3) is 11.6. The number of ether oxygens (including phenoxy) is 8. The molecule has 0 fully saturated rings. The Morgan fingerprint density at radius 1 is 0.417 bits per heavy atom. The minimum absolute atomic E-state index is 0.331. The number of aromatic amines is 3. The first-order valence-corrected chi connectivity index (χ1v) is 27.0. The lowest BCUT2D eigenvalue weighted by Crippen LogP contribution is -2.30. The van der Waals surface area contributed by atoms with E-state index in [0.717, 1.165) is 0 Å². The summed E-state index contributed by atoms with van der Waals surface area (Å²) in [7, 11) is 12.1. The third-order valence-electron chi connectivity index (χ3n) is 14.9. The number of nitrogens with zero attached hydrogens (tertiary/aromatic N) is 1. The van der Waals surface area contributed by atoms with Crippen molar-refractivity contribution in [1.82, 2.24) is 15.0 Å². The summed E-state index contributed by atoms with van der Waals surface area (Å²) in [5, 5.41) is 13.4. The SMILES string of the molecule is COc1cccc(OC)c1C1=C2C=CC(=N2)C(c2c(NC(=O)[C@H](C)OC)cccc2NC(=O)[C@@H](C)OC)=c2ccc([nH]2)=C(c2c(OC)cccc2OC)c2ccc([nH]2)C(c2c(NC(=O)[C@H](C)OC)cccc2NC(=O)[C@@H](C)OC)c2ccc1[nH]2. The van der Waals surface area contributed by atoms with Gasteiger partial charge in [0, 0.05) is 101 Å². The summed E-state index contributed by atoms with van der Waals surface area (Å²) in [6.45, 7) is 6.56. The lowest BCUT2D eigenvalue weighted by atomic mass is 9.89. The van der Waals surface area contributed by atoms with Gasteiger partial charge in [0.1, 0.15) is 47.4 Å². The van der Waals surface area contributed by atoms with Gasteiger partial charge in [0.25, 0.3) is 23.6 Å². The van der Waals surface area contributed by atoms with Crippen LogP contribution in [0.1, 0.15) is 78.6 Å². The Hall–Kier alpha value is -9.47. The maximum absolute atomic E-state index is 14.0. The molecular weight excluding hydrogens is 1070 g/mol. The van der Waals surface area contributed by atoms with Crippen molar-refractivity contribution in [2.24, 2.45) is 4.99 Å². The summed E-state index contributed by atoms with van der Waals surface area (Å²) in [4.78, 5) is 72.7. The summed E-state index contributed by atoms with van der Waals surface area (Å²) >= 11 is 0. The van der Waals surface area contributed by atoms with Gasteiger partial charge in [-0.3, -0.25) is 19.2 Å². The molecule has 5 heterocycles. The Morgan fingerprint density at radius 2 is 0.786 bits per heavy atom. The Labute approximate surface area is 485 Å². The van der Waals surface area contributed by atoms with Gasteiger partial charge in [-0.1, -0.05) is 24.3 Å². The largest absolute Gasteiger partial charge is 0.496 e. The highest BCUT2D eigenvalue weighted by atomic mass is 16.5. The molecule has 4 aromatic carbocycles. The maximum atomic E-state index is 14.0. The predicted octanol–water partition coefficient (Wildman–Crippen LogP) is 8.01. The molecule has 0 saturated carbocycles. The van der Waals surface area contributed by atoms with Gasteiger partial charge >= 0.3 is 0 Å². The number of allylic oxidation sites excluding steroid dienone is 2. The normalized spacial score (nSPS) is 15.1. The number of hydrogen-bond donors (Lipinski definition) is 7. The van der Waals surface area contributed by atoms with E-state index in [1.54, 1.807) is 92.5 Å². The van der Waals surface area contributed by atoms with Crippen LogP contribution < -0.4 is 50.9 Å². The van der Waals surface area contributed by atoms with E-state index >= 15 is 0 Å². The van der Waals surface area contributed by atoms with Crippen LogP contribution in [0.2, 0.25) is 0 Å². The molecule has 84 heavy (non-hydrogen) atoms. The van der Waals surface area contributed by atoms with Crippen molar-refractivity contribution < 1.29 is 57.1 Å². The molecule has 1 unspecified atom stereocenters. The first-order chi connectivity index (χ1) is 40.6. The van der Waals surface area contributed by atoms with Crippen LogP contribution in [0.25, 0.3) is 16.7 Å². The quantitative estimate of drug-likeness (QED) is 0.0384. The average Bonchev–Trinajstić information content (AvgIpc) is 1.88. The molecule has 0 spiro atoms. The smallest absolute Gasteiger partial charge is 0.253 e. The van der Waals surface area contributed by atoms with E-state index in [4.69, 9.17) is 42.9 Å². The number of benzene rings is 4. The molecule has 7 aromatic rings. The standard InChI is InChI=1S/C64H68N8O12/c1-33(77-5)61(73)69-37-17-13-18-38(70-62(74)34(2)78-6)53(37)55-41-25-29-45(65-41)57(59-49(81-9)21-15-22-50(59)82-10)47-31-27-43(67-47)56(54-39(71-63(75)35(3)79-7)19-14-20-40(54)72-64(76)36(4)80-8)44-28-32-48(68-44)58(46-30-26-42(55)66-46)60-51(83-11)23-16-24-52(60)84-12/h13-36,55,65-67H,1-12H3,(H,69,73)(H,70,74)(H,71,75)(H,72,76)/t33-,34+,35-,36+,55?. The number of aromatic nitrogens is 3. The summed E-state index contributed by atoms with van der Waals surface area (Å²) < 4.78 is 46.4. The number of amides is 4. The maximum Gasteiger partial charge on any atom is 0.253 e. The molecule has 0 aliphatic carbocycles. The summed E-state index contributed by atoms with van der Waals surface area (Å²) in [6.07, 6.45) is 0.312. The zero-order chi connectivity index (χ0) is 59.9. The van der Waals surface area contributed by atoms with Gasteiger partial charge in [-0.25, -0.2) is 4.99 Å². The van der Waals surface area contributed by atoms with Crippen LogP contribution in [-0.2, 0) is 38.1 Å². The molecule has 20 heteroatoms. The first kappa shape index (κ1) is 59.2. The molecule has 0 saturated heterocycles. The number of anilines is 4. The molecule has 9 rings (SSSR count). The van der Waals surface area contributed by atoms with Crippen molar-refractivity contribution in [1.29, 1.82) is 0 Å². The van der Waals surface area contributed by atoms with Gasteiger partial charge in [0.05, 0.1) is 68.3 Å². The number of fused-ring (bicyclic) bond motifs is 7.